The zero-order valence-corrected chi connectivity index (χ0v) is 19.0. The van der Waals surface area contributed by atoms with E-state index in [9.17, 15) is 8.42 Å². The molecule has 1 saturated heterocycles. The van der Waals surface area contributed by atoms with E-state index in [1.54, 1.807) is 34.8 Å². The van der Waals surface area contributed by atoms with Crippen LogP contribution < -0.4 is 5.14 Å². The third-order valence-electron chi connectivity index (χ3n) is 4.84. The van der Waals surface area contributed by atoms with Gasteiger partial charge in [-0.15, -0.1) is 32.9 Å². The first-order chi connectivity index (χ1) is 14.4. The van der Waals surface area contributed by atoms with E-state index in [1.807, 2.05) is 6.92 Å². The van der Waals surface area contributed by atoms with Crippen LogP contribution in [0.2, 0.25) is 0 Å². The summed E-state index contributed by atoms with van der Waals surface area (Å²) in [5.74, 6) is 0. The van der Waals surface area contributed by atoms with Gasteiger partial charge in [0.05, 0.1) is 35.1 Å². The van der Waals surface area contributed by atoms with Gasteiger partial charge >= 0.3 is 0 Å². The van der Waals surface area contributed by atoms with E-state index in [2.05, 4.69) is 20.1 Å². The molecule has 1 fully saturated rings. The first-order valence-corrected chi connectivity index (χ1v) is 12.8. The Kier molecular flexibility index (Phi) is 6.56. The molecule has 2 N–H and O–H groups in total. The van der Waals surface area contributed by atoms with Crippen molar-refractivity contribution in [1.82, 2.24) is 20.1 Å². The molecule has 1 aromatic carbocycles. The van der Waals surface area contributed by atoms with Gasteiger partial charge in [-0.3, -0.25) is 4.90 Å². The summed E-state index contributed by atoms with van der Waals surface area (Å²) in [6.07, 6.45) is 1.55. The number of primary sulfonamides is 1. The molecule has 0 radical (unpaired) electrons. The second kappa shape index (κ2) is 9.16. The van der Waals surface area contributed by atoms with Crippen molar-refractivity contribution >= 4 is 32.7 Å². The maximum atomic E-state index is 11.4. The molecule has 0 amide bonds. The number of sulfonamides is 1. The molecule has 8 nitrogen and oxygen atoms in total. The van der Waals surface area contributed by atoms with Gasteiger partial charge in [-0.1, -0.05) is 12.1 Å². The highest BCUT2D eigenvalue weighted by molar-refractivity contribution is 7.89. The Bertz CT molecular complexity index is 1100. The Morgan fingerprint density at radius 1 is 1.07 bits per heavy atom. The lowest BCUT2D eigenvalue weighted by Gasteiger charge is -2.25. The lowest BCUT2D eigenvalue weighted by Crippen LogP contribution is -2.37. The molecule has 3 aromatic rings. The van der Waals surface area contributed by atoms with Gasteiger partial charge in [0.25, 0.3) is 0 Å². The Labute approximate surface area is 183 Å². The summed E-state index contributed by atoms with van der Waals surface area (Å²) < 4.78 is 28.3. The highest BCUT2D eigenvalue weighted by atomic mass is 32.2. The normalized spacial score (nSPS) is 15.5. The monoisotopic (exact) mass is 465 g/mol. The summed E-state index contributed by atoms with van der Waals surface area (Å²) in [6.45, 7) is 6.50. The lowest BCUT2D eigenvalue weighted by atomic mass is 10.2. The van der Waals surface area contributed by atoms with Gasteiger partial charge in [0, 0.05) is 26.1 Å². The van der Waals surface area contributed by atoms with Crippen molar-refractivity contribution in [2.45, 2.75) is 24.7 Å². The molecule has 0 bridgehead atoms. The molecule has 4 rings (SSSR count). The molecule has 160 valence electrons. The molecular weight excluding hydrogens is 442 g/mol. The first kappa shape index (κ1) is 21.5. The molecular formula is C19H23N5O3S3. The van der Waals surface area contributed by atoms with Crippen LogP contribution in [0.25, 0.3) is 10.4 Å². The molecule has 0 spiro atoms. The fourth-order valence-electron chi connectivity index (χ4n) is 3.26. The Hall–Kier alpha value is -1.76. The highest BCUT2D eigenvalue weighted by Crippen LogP contribution is 2.32. The van der Waals surface area contributed by atoms with Crippen LogP contribution in [0.5, 0.6) is 0 Å². The van der Waals surface area contributed by atoms with Crippen LogP contribution in [0, 0.1) is 6.92 Å². The second-order valence-electron chi connectivity index (χ2n) is 7.06. The number of nitrogens with two attached hydrogens (primary N) is 1. The molecule has 0 atom stereocenters. The van der Waals surface area contributed by atoms with Crippen LogP contribution in [-0.4, -0.2) is 61.3 Å². The molecule has 0 saturated carbocycles. The lowest BCUT2D eigenvalue weighted by molar-refractivity contribution is 0.0384. The predicted molar refractivity (Wildman–Crippen MR) is 117 cm³/mol. The average molecular weight is 466 g/mol. The molecule has 1 aliphatic rings. The quantitative estimate of drug-likeness (QED) is 0.569. The number of aryl methyl sites for hydroxylation is 1. The summed E-state index contributed by atoms with van der Waals surface area (Å²) in [6, 6.07) is 6.57. The van der Waals surface area contributed by atoms with Crippen molar-refractivity contribution in [1.29, 1.82) is 0 Å². The summed E-state index contributed by atoms with van der Waals surface area (Å²) in [5.41, 5.74) is 1.84. The summed E-state index contributed by atoms with van der Waals surface area (Å²) in [4.78, 5) is 8.19. The number of hydrogen-bond acceptors (Lipinski definition) is 9. The molecule has 11 heteroatoms. The van der Waals surface area contributed by atoms with E-state index < -0.39 is 10.0 Å². The van der Waals surface area contributed by atoms with Crippen molar-refractivity contribution in [3.63, 3.8) is 0 Å². The smallest absolute Gasteiger partial charge is 0.238 e. The van der Waals surface area contributed by atoms with E-state index in [1.165, 1.54) is 12.1 Å². The SMILES string of the molecule is Cc1nc(Cc2nnc(CCN3CCOCC3)s2)sc1-c1ccc(S(N)(=O)=O)cc1. The van der Waals surface area contributed by atoms with Crippen LogP contribution in [-0.2, 0) is 27.6 Å². The van der Waals surface area contributed by atoms with Crippen LogP contribution in [0.1, 0.15) is 20.7 Å². The number of morpholine rings is 1. The van der Waals surface area contributed by atoms with Gasteiger partial charge < -0.3 is 4.74 Å². The summed E-state index contributed by atoms with van der Waals surface area (Å²) in [7, 11) is -3.69. The molecule has 0 aliphatic carbocycles. The Balaban J connectivity index is 1.41. The Morgan fingerprint density at radius 2 is 1.77 bits per heavy atom. The minimum absolute atomic E-state index is 0.104. The van der Waals surface area contributed by atoms with Crippen LogP contribution in [0.15, 0.2) is 29.2 Å². The van der Waals surface area contributed by atoms with E-state index in [4.69, 9.17) is 9.88 Å². The predicted octanol–water partition coefficient (Wildman–Crippen LogP) is 2.08. The fourth-order valence-corrected chi connectivity index (χ4v) is 5.78. The van der Waals surface area contributed by atoms with Gasteiger partial charge in [-0.25, -0.2) is 18.5 Å². The summed E-state index contributed by atoms with van der Waals surface area (Å²) >= 11 is 3.23. The van der Waals surface area contributed by atoms with Crippen LogP contribution >= 0.6 is 22.7 Å². The number of benzene rings is 1. The van der Waals surface area contributed by atoms with Gasteiger partial charge in [-0.2, -0.15) is 0 Å². The van der Waals surface area contributed by atoms with Crippen molar-refractivity contribution in [2.24, 2.45) is 5.14 Å². The van der Waals surface area contributed by atoms with Crippen molar-refractivity contribution < 1.29 is 13.2 Å². The topological polar surface area (TPSA) is 111 Å². The highest BCUT2D eigenvalue weighted by Gasteiger charge is 2.15. The maximum absolute atomic E-state index is 11.4. The Morgan fingerprint density at radius 3 is 2.47 bits per heavy atom. The molecule has 1 aliphatic heterocycles. The first-order valence-electron chi connectivity index (χ1n) is 9.59. The summed E-state index contributed by atoms with van der Waals surface area (Å²) in [5, 5.41) is 16.8. The zero-order chi connectivity index (χ0) is 21.1. The molecule has 2 aromatic heterocycles. The number of aromatic nitrogens is 3. The number of thiazole rings is 1. The molecule has 30 heavy (non-hydrogen) atoms. The zero-order valence-electron chi connectivity index (χ0n) is 16.6. The van der Waals surface area contributed by atoms with Crippen molar-refractivity contribution in [2.75, 3.05) is 32.8 Å². The van der Waals surface area contributed by atoms with E-state index in [-0.39, 0.29) is 4.90 Å². The van der Waals surface area contributed by atoms with Crippen molar-refractivity contribution in [3.05, 3.63) is 45.0 Å². The molecule has 0 unspecified atom stereocenters. The van der Waals surface area contributed by atoms with E-state index in [0.717, 1.165) is 70.4 Å². The van der Waals surface area contributed by atoms with E-state index in [0.29, 0.717) is 6.42 Å². The van der Waals surface area contributed by atoms with Gasteiger partial charge in [-0.05, 0) is 24.6 Å². The second-order valence-corrected chi connectivity index (χ2v) is 10.9. The van der Waals surface area contributed by atoms with Crippen LogP contribution in [0.3, 0.4) is 0 Å². The standard InChI is InChI=1S/C19H23N5O3S3/c1-13-19(14-2-4-15(5-3-14)30(20,25)26)29-17(21-13)12-18-23-22-16(28-18)6-7-24-8-10-27-11-9-24/h2-5H,6-12H2,1H3,(H2,20,25,26). The number of rotatable bonds is 7. The van der Waals surface area contributed by atoms with Gasteiger partial charge in [0.15, 0.2) is 0 Å². The third-order valence-corrected chi connectivity index (χ3v) is 7.96. The van der Waals surface area contributed by atoms with Crippen molar-refractivity contribution in [3.8, 4) is 10.4 Å². The third kappa shape index (κ3) is 5.29. The number of ether oxygens (including phenoxy) is 1. The number of nitrogens with zero attached hydrogens (tertiary/aromatic N) is 4. The molecule has 3 heterocycles. The minimum atomic E-state index is -3.69. The maximum Gasteiger partial charge on any atom is 0.238 e. The van der Waals surface area contributed by atoms with Gasteiger partial charge in [0.1, 0.15) is 15.0 Å². The number of hydrogen-bond donors (Lipinski definition) is 1. The van der Waals surface area contributed by atoms with Crippen LogP contribution in [0.4, 0.5) is 0 Å². The minimum Gasteiger partial charge on any atom is -0.379 e. The van der Waals surface area contributed by atoms with E-state index >= 15 is 0 Å². The average Bonchev–Trinajstić information content (AvgIpc) is 3.33. The largest absolute Gasteiger partial charge is 0.379 e. The fraction of sp³-hybridized carbons (Fsp3) is 0.421. The van der Waals surface area contributed by atoms with Gasteiger partial charge in [0.2, 0.25) is 10.0 Å².